The summed E-state index contributed by atoms with van der Waals surface area (Å²) < 4.78 is 4.74. The van der Waals surface area contributed by atoms with Crippen LogP contribution in [0, 0.1) is 0 Å². The van der Waals surface area contributed by atoms with E-state index in [-0.39, 0.29) is 12.4 Å². The first-order valence-corrected chi connectivity index (χ1v) is 6.30. The molecule has 90 valence electrons. The summed E-state index contributed by atoms with van der Waals surface area (Å²) in [6.07, 6.45) is 0.391. The number of thioether (sulfide) groups is 1. The molecule has 0 saturated heterocycles. The lowest BCUT2D eigenvalue weighted by molar-refractivity contribution is -0.144. The summed E-state index contributed by atoms with van der Waals surface area (Å²) >= 11 is 1.63. The van der Waals surface area contributed by atoms with Gasteiger partial charge in [-0.1, -0.05) is 6.92 Å². The second-order valence-electron chi connectivity index (χ2n) is 3.38. The first-order valence-electron chi connectivity index (χ1n) is 5.25. The van der Waals surface area contributed by atoms with E-state index >= 15 is 0 Å². The number of aliphatic hydroxyl groups excluding tert-OH is 1. The summed E-state index contributed by atoms with van der Waals surface area (Å²) in [4.78, 5) is 11.0. The Morgan fingerprint density at radius 1 is 1.60 bits per heavy atom. The summed E-state index contributed by atoms with van der Waals surface area (Å²) in [5, 5.41) is 9.93. The standard InChI is InChI=1S/C10H21NO3S/c1-3-14-10(13)6-9(12)7-15-8(2)4-5-11/h8-9,12H,3-7,11H2,1-2H3. The van der Waals surface area contributed by atoms with Crippen LogP contribution in [-0.2, 0) is 9.53 Å². The van der Waals surface area contributed by atoms with Gasteiger partial charge in [0.2, 0.25) is 0 Å². The molecule has 0 aliphatic heterocycles. The predicted molar refractivity (Wildman–Crippen MR) is 62.8 cm³/mol. The van der Waals surface area contributed by atoms with Gasteiger partial charge in [-0.3, -0.25) is 4.79 Å². The summed E-state index contributed by atoms with van der Waals surface area (Å²) in [5.74, 6) is 0.219. The molecule has 3 N–H and O–H groups in total. The molecule has 15 heavy (non-hydrogen) atoms. The van der Waals surface area contributed by atoms with Crippen molar-refractivity contribution >= 4 is 17.7 Å². The van der Waals surface area contributed by atoms with E-state index in [1.807, 2.05) is 0 Å². The van der Waals surface area contributed by atoms with Crippen molar-refractivity contribution in [1.82, 2.24) is 0 Å². The minimum Gasteiger partial charge on any atom is -0.466 e. The summed E-state index contributed by atoms with van der Waals surface area (Å²) in [5.41, 5.74) is 5.41. The van der Waals surface area contributed by atoms with Crippen LogP contribution in [0.15, 0.2) is 0 Å². The van der Waals surface area contributed by atoms with Crippen LogP contribution in [0.1, 0.15) is 26.7 Å². The van der Waals surface area contributed by atoms with Gasteiger partial charge in [-0.15, -0.1) is 0 Å². The highest BCUT2D eigenvalue weighted by Crippen LogP contribution is 2.15. The summed E-state index contributed by atoms with van der Waals surface area (Å²) in [7, 11) is 0. The molecule has 0 saturated carbocycles. The molecule has 2 unspecified atom stereocenters. The molecule has 0 heterocycles. The maximum absolute atomic E-state index is 11.0. The molecule has 0 fully saturated rings. The molecule has 0 aromatic rings. The maximum Gasteiger partial charge on any atom is 0.308 e. The van der Waals surface area contributed by atoms with Crippen molar-refractivity contribution in [2.24, 2.45) is 5.73 Å². The van der Waals surface area contributed by atoms with Crippen LogP contribution >= 0.6 is 11.8 Å². The van der Waals surface area contributed by atoms with Gasteiger partial charge in [0.05, 0.1) is 19.1 Å². The largest absolute Gasteiger partial charge is 0.466 e. The first-order chi connectivity index (χ1) is 7.10. The molecule has 5 heteroatoms. The number of ether oxygens (including phenoxy) is 1. The number of aliphatic hydroxyl groups is 1. The number of hydrogen-bond donors (Lipinski definition) is 2. The third kappa shape index (κ3) is 8.72. The quantitative estimate of drug-likeness (QED) is 0.608. The van der Waals surface area contributed by atoms with Gasteiger partial charge < -0.3 is 15.6 Å². The normalized spacial score (nSPS) is 14.7. The molecule has 0 aliphatic rings. The van der Waals surface area contributed by atoms with Crippen LogP contribution in [0.3, 0.4) is 0 Å². The number of carbonyl (C=O) groups is 1. The molecule has 2 atom stereocenters. The van der Waals surface area contributed by atoms with E-state index in [2.05, 4.69) is 6.92 Å². The van der Waals surface area contributed by atoms with Crippen molar-refractivity contribution in [2.45, 2.75) is 38.0 Å². The van der Waals surface area contributed by atoms with Crippen LogP contribution in [0.4, 0.5) is 0 Å². The van der Waals surface area contributed by atoms with E-state index < -0.39 is 6.10 Å². The topological polar surface area (TPSA) is 72.5 Å². The molecule has 0 spiro atoms. The van der Waals surface area contributed by atoms with Gasteiger partial charge >= 0.3 is 5.97 Å². The average molecular weight is 235 g/mol. The maximum atomic E-state index is 11.0. The molecule has 0 aliphatic carbocycles. The van der Waals surface area contributed by atoms with E-state index in [0.29, 0.717) is 24.2 Å². The van der Waals surface area contributed by atoms with E-state index in [1.165, 1.54) is 0 Å². The molecule has 0 amide bonds. The van der Waals surface area contributed by atoms with E-state index in [1.54, 1.807) is 18.7 Å². The molecular formula is C10H21NO3S. The summed E-state index contributed by atoms with van der Waals surface area (Å²) in [6, 6.07) is 0. The minimum atomic E-state index is -0.616. The Balaban J connectivity index is 3.56. The molecule has 0 aromatic heterocycles. The Morgan fingerprint density at radius 2 is 2.27 bits per heavy atom. The second kappa shape index (κ2) is 9.00. The van der Waals surface area contributed by atoms with Crippen molar-refractivity contribution in [3.8, 4) is 0 Å². The van der Waals surface area contributed by atoms with Crippen molar-refractivity contribution in [1.29, 1.82) is 0 Å². The first kappa shape index (κ1) is 14.7. The Kier molecular flexibility index (Phi) is 8.85. The van der Waals surface area contributed by atoms with Gasteiger partial charge in [0.15, 0.2) is 0 Å². The fourth-order valence-electron chi connectivity index (χ4n) is 1.06. The van der Waals surface area contributed by atoms with E-state index in [9.17, 15) is 9.90 Å². The van der Waals surface area contributed by atoms with Crippen molar-refractivity contribution in [3.05, 3.63) is 0 Å². The zero-order valence-electron chi connectivity index (χ0n) is 9.44. The van der Waals surface area contributed by atoms with E-state index in [0.717, 1.165) is 6.42 Å². The number of carbonyl (C=O) groups excluding carboxylic acids is 1. The van der Waals surface area contributed by atoms with Crippen LogP contribution in [0.2, 0.25) is 0 Å². The van der Waals surface area contributed by atoms with Crippen LogP contribution < -0.4 is 5.73 Å². The SMILES string of the molecule is CCOC(=O)CC(O)CSC(C)CCN. The average Bonchev–Trinajstić information content (AvgIpc) is 2.15. The number of hydrogen-bond acceptors (Lipinski definition) is 5. The second-order valence-corrected chi connectivity index (χ2v) is 4.86. The van der Waals surface area contributed by atoms with Gasteiger partial charge in [-0.05, 0) is 19.9 Å². The van der Waals surface area contributed by atoms with Crippen molar-refractivity contribution in [2.75, 3.05) is 18.9 Å². The monoisotopic (exact) mass is 235 g/mol. The van der Waals surface area contributed by atoms with Gasteiger partial charge in [-0.25, -0.2) is 0 Å². The molecule has 0 aromatic carbocycles. The van der Waals surface area contributed by atoms with E-state index in [4.69, 9.17) is 10.5 Å². The summed E-state index contributed by atoms with van der Waals surface area (Å²) in [6.45, 7) is 4.83. The molecule has 0 rings (SSSR count). The molecule has 4 nitrogen and oxygen atoms in total. The Bertz CT molecular complexity index is 178. The van der Waals surface area contributed by atoms with Crippen LogP contribution in [-0.4, -0.2) is 41.3 Å². The fourth-order valence-corrected chi connectivity index (χ4v) is 2.04. The highest BCUT2D eigenvalue weighted by molar-refractivity contribution is 7.99. The Labute approximate surface area is 95.6 Å². The molecule has 0 bridgehead atoms. The number of nitrogens with two attached hydrogens (primary N) is 1. The van der Waals surface area contributed by atoms with Gasteiger partial charge in [-0.2, -0.15) is 11.8 Å². The van der Waals surface area contributed by atoms with Gasteiger partial charge in [0.1, 0.15) is 0 Å². The van der Waals surface area contributed by atoms with Crippen molar-refractivity contribution < 1.29 is 14.6 Å². The Hall–Kier alpha value is -0.260. The van der Waals surface area contributed by atoms with Gasteiger partial charge in [0.25, 0.3) is 0 Å². The van der Waals surface area contributed by atoms with Crippen LogP contribution in [0.5, 0.6) is 0 Å². The third-order valence-corrected chi connectivity index (χ3v) is 3.24. The molecule has 0 radical (unpaired) electrons. The minimum absolute atomic E-state index is 0.0795. The van der Waals surface area contributed by atoms with Crippen molar-refractivity contribution in [3.63, 3.8) is 0 Å². The highest BCUT2D eigenvalue weighted by atomic mass is 32.2. The Morgan fingerprint density at radius 3 is 2.80 bits per heavy atom. The lowest BCUT2D eigenvalue weighted by Crippen LogP contribution is -2.19. The predicted octanol–water partition coefficient (Wildman–Crippen LogP) is 0.771. The zero-order valence-corrected chi connectivity index (χ0v) is 10.3. The number of rotatable bonds is 8. The van der Waals surface area contributed by atoms with Gasteiger partial charge in [0, 0.05) is 11.0 Å². The lowest BCUT2D eigenvalue weighted by Gasteiger charge is -2.13. The fraction of sp³-hybridized carbons (Fsp3) is 0.900. The highest BCUT2D eigenvalue weighted by Gasteiger charge is 2.13. The third-order valence-electron chi connectivity index (χ3n) is 1.85. The number of esters is 1. The molecular weight excluding hydrogens is 214 g/mol. The smallest absolute Gasteiger partial charge is 0.308 e. The van der Waals surface area contributed by atoms with Crippen LogP contribution in [0.25, 0.3) is 0 Å². The zero-order chi connectivity index (χ0) is 11.7. The lowest BCUT2D eigenvalue weighted by atomic mass is 10.3.